The van der Waals surface area contributed by atoms with Gasteiger partial charge in [-0.2, -0.15) is 0 Å². The standard InChI is InChI=1S/C5H10S2/c1-4-3-6-5(2)7-4/h4-5H,3H2,1-2H3/t4-,5-/m0/s1. The third-order valence-electron chi connectivity index (χ3n) is 0.990. The molecule has 2 heteroatoms. The van der Waals surface area contributed by atoms with Crippen LogP contribution < -0.4 is 0 Å². The molecule has 1 rings (SSSR count). The largest absolute Gasteiger partial charge is 0.147 e. The van der Waals surface area contributed by atoms with Crippen LogP contribution in [0.4, 0.5) is 0 Å². The average Bonchev–Trinajstić information content (AvgIpc) is 1.87. The fourth-order valence-electron chi connectivity index (χ4n) is 0.677. The van der Waals surface area contributed by atoms with Crippen LogP contribution in [-0.4, -0.2) is 15.6 Å². The van der Waals surface area contributed by atoms with Crippen molar-refractivity contribution in [2.24, 2.45) is 0 Å². The van der Waals surface area contributed by atoms with Gasteiger partial charge >= 0.3 is 0 Å². The third kappa shape index (κ3) is 1.57. The van der Waals surface area contributed by atoms with E-state index in [4.69, 9.17) is 0 Å². The first kappa shape index (κ1) is 5.83. The molecule has 0 aromatic rings. The van der Waals surface area contributed by atoms with Crippen molar-refractivity contribution in [3.63, 3.8) is 0 Å². The lowest BCUT2D eigenvalue weighted by Crippen LogP contribution is -1.89. The molecule has 0 spiro atoms. The van der Waals surface area contributed by atoms with Gasteiger partial charge < -0.3 is 0 Å². The van der Waals surface area contributed by atoms with Crippen molar-refractivity contribution < 1.29 is 0 Å². The molecule has 0 radical (unpaired) electrons. The van der Waals surface area contributed by atoms with Crippen molar-refractivity contribution in [1.29, 1.82) is 0 Å². The lowest BCUT2D eigenvalue weighted by molar-refractivity contribution is 1.15. The predicted octanol–water partition coefficient (Wildman–Crippen LogP) is 2.20. The molecule has 0 unspecified atom stereocenters. The summed E-state index contributed by atoms with van der Waals surface area (Å²) >= 11 is 4.15. The molecule has 2 atom stereocenters. The molecule has 1 saturated heterocycles. The minimum Gasteiger partial charge on any atom is -0.147 e. The summed E-state index contributed by atoms with van der Waals surface area (Å²) in [5, 5.41) is 0.903. The van der Waals surface area contributed by atoms with Crippen molar-refractivity contribution in [1.82, 2.24) is 0 Å². The fourth-order valence-corrected chi connectivity index (χ4v) is 3.54. The Balaban J connectivity index is 2.26. The molecule has 0 saturated carbocycles. The molecule has 0 aromatic heterocycles. The Hall–Kier alpha value is 0.700. The normalized spacial score (nSPS) is 42.0. The van der Waals surface area contributed by atoms with Crippen LogP contribution in [0.15, 0.2) is 0 Å². The van der Waals surface area contributed by atoms with Crippen LogP contribution in [0.1, 0.15) is 13.8 Å². The molecule has 0 amide bonds. The Bertz CT molecular complexity index is 55.1. The highest BCUT2D eigenvalue weighted by Gasteiger charge is 2.17. The average molecular weight is 134 g/mol. The second-order valence-electron chi connectivity index (χ2n) is 1.85. The lowest BCUT2D eigenvalue weighted by atomic mass is 10.6. The molecule has 0 aromatic carbocycles. The zero-order valence-electron chi connectivity index (χ0n) is 4.68. The minimum atomic E-state index is 0.856. The zero-order chi connectivity index (χ0) is 5.28. The van der Waals surface area contributed by atoms with Crippen molar-refractivity contribution in [3.8, 4) is 0 Å². The van der Waals surface area contributed by atoms with Gasteiger partial charge in [0, 0.05) is 15.6 Å². The van der Waals surface area contributed by atoms with E-state index in [-0.39, 0.29) is 0 Å². The summed E-state index contributed by atoms with van der Waals surface area (Å²) in [7, 11) is 0. The van der Waals surface area contributed by atoms with E-state index in [1.807, 2.05) is 0 Å². The van der Waals surface area contributed by atoms with Crippen LogP contribution in [0.3, 0.4) is 0 Å². The van der Waals surface area contributed by atoms with E-state index >= 15 is 0 Å². The second-order valence-corrected chi connectivity index (χ2v) is 5.30. The predicted molar refractivity (Wildman–Crippen MR) is 39.0 cm³/mol. The molecule has 0 nitrogen and oxygen atoms in total. The molecule has 1 aliphatic heterocycles. The summed E-state index contributed by atoms with van der Waals surface area (Å²) in [6.45, 7) is 4.57. The van der Waals surface area contributed by atoms with E-state index in [9.17, 15) is 0 Å². The van der Waals surface area contributed by atoms with Gasteiger partial charge in [0.15, 0.2) is 0 Å². The first-order chi connectivity index (χ1) is 3.29. The third-order valence-corrected chi connectivity index (χ3v) is 4.12. The highest BCUT2D eigenvalue weighted by Crippen LogP contribution is 2.36. The number of hydrogen-bond donors (Lipinski definition) is 0. The maximum atomic E-state index is 2.29. The number of rotatable bonds is 0. The van der Waals surface area contributed by atoms with E-state index in [0.717, 1.165) is 9.83 Å². The van der Waals surface area contributed by atoms with E-state index in [0.29, 0.717) is 0 Å². The van der Waals surface area contributed by atoms with Gasteiger partial charge in [-0.25, -0.2) is 0 Å². The van der Waals surface area contributed by atoms with Gasteiger partial charge in [-0.15, -0.1) is 23.5 Å². The Morgan fingerprint density at radius 2 is 2.14 bits per heavy atom. The maximum Gasteiger partial charge on any atom is 0.0477 e. The number of thioether (sulfide) groups is 2. The highest BCUT2D eigenvalue weighted by molar-refractivity contribution is 8.20. The van der Waals surface area contributed by atoms with Crippen LogP contribution in [0.5, 0.6) is 0 Å². The molecule has 1 heterocycles. The topological polar surface area (TPSA) is 0 Å². The van der Waals surface area contributed by atoms with Crippen molar-refractivity contribution >= 4 is 23.5 Å². The second kappa shape index (κ2) is 2.31. The maximum absolute atomic E-state index is 2.29. The van der Waals surface area contributed by atoms with Crippen molar-refractivity contribution in [3.05, 3.63) is 0 Å². The van der Waals surface area contributed by atoms with Gasteiger partial charge in [0.1, 0.15) is 0 Å². The summed E-state index contributed by atoms with van der Waals surface area (Å²) in [6.07, 6.45) is 0. The van der Waals surface area contributed by atoms with E-state index in [1.54, 1.807) is 0 Å². The van der Waals surface area contributed by atoms with E-state index < -0.39 is 0 Å². The zero-order valence-corrected chi connectivity index (χ0v) is 6.31. The van der Waals surface area contributed by atoms with Crippen LogP contribution >= 0.6 is 23.5 Å². The highest BCUT2D eigenvalue weighted by atomic mass is 32.2. The van der Waals surface area contributed by atoms with E-state index in [2.05, 4.69) is 37.4 Å². The van der Waals surface area contributed by atoms with Gasteiger partial charge in [0.25, 0.3) is 0 Å². The van der Waals surface area contributed by atoms with Gasteiger partial charge in [-0.1, -0.05) is 6.92 Å². The van der Waals surface area contributed by atoms with Crippen LogP contribution in [-0.2, 0) is 0 Å². The molecule has 0 N–H and O–H groups in total. The Morgan fingerprint density at radius 1 is 1.43 bits per heavy atom. The van der Waals surface area contributed by atoms with Crippen molar-refractivity contribution in [2.75, 3.05) is 5.75 Å². The Kier molecular flexibility index (Phi) is 1.93. The summed E-state index contributed by atoms with van der Waals surface area (Å²) in [4.78, 5) is 0. The molecular formula is C5H10S2. The summed E-state index contributed by atoms with van der Waals surface area (Å²) in [6, 6.07) is 0. The lowest BCUT2D eigenvalue weighted by Gasteiger charge is -1.95. The van der Waals surface area contributed by atoms with Gasteiger partial charge in [0.05, 0.1) is 0 Å². The monoisotopic (exact) mass is 134 g/mol. The van der Waals surface area contributed by atoms with Crippen molar-refractivity contribution in [2.45, 2.75) is 23.7 Å². The van der Waals surface area contributed by atoms with Crippen LogP contribution in [0.25, 0.3) is 0 Å². The quantitative estimate of drug-likeness (QED) is 0.498. The Labute approximate surface area is 53.4 Å². The molecule has 7 heavy (non-hydrogen) atoms. The Morgan fingerprint density at radius 3 is 2.29 bits per heavy atom. The SMILES string of the molecule is C[C@H]1SC[C@H](C)S1. The van der Waals surface area contributed by atoms with Gasteiger partial charge in [-0.05, 0) is 6.92 Å². The summed E-state index contributed by atoms with van der Waals surface area (Å²) in [5.41, 5.74) is 0. The molecular weight excluding hydrogens is 124 g/mol. The van der Waals surface area contributed by atoms with E-state index in [1.165, 1.54) is 5.75 Å². The molecule has 0 aliphatic carbocycles. The first-order valence-corrected chi connectivity index (χ1v) is 4.55. The van der Waals surface area contributed by atoms with Gasteiger partial charge in [-0.3, -0.25) is 0 Å². The minimum absolute atomic E-state index is 0.856. The first-order valence-electron chi connectivity index (χ1n) is 2.56. The fraction of sp³-hybridized carbons (Fsp3) is 1.00. The smallest absolute Gasteiger partial charge is 0.0477 e. The number of hydrogen-bond acceptors (Lipinski definition) is 2. The summed E-state index contributed by atoms with van der Waals surface area (Å²) < 4.78 is 0.856. The van der Waals surface area contributed by atoms with Crippen LogP contribution in [0.2, 0.25) is 0 Å². The van der Waals surface area contributed by atoms with Crippen LogP contribution in [0, 0.1) is 0 Å². The summed E-state index contributed by atoms with van der Waals surface area (Å²) in [5.74, 6) is 1.35. The molecule has 42 valence electrons. The molecule has 1 fully saturated rings. The molecule has 0 bridgehead atoms. The van der Waals surface area contributed by atoms with Gasteiger partial charge in [0.2, 0.25) is 0 Å². The molecule has 1 aliphatic rings.